The Hall–Kier alpha value is -2.64. The molecule has 0 aliphatic rings. The molecule has 114 valence electrons. The summed E-state index contributed by atoms with van der Waals surface area (Å²) in [6, 6.07) is 1.78. The number of pyridine rings is 1. The molecular weight excluding hydrogens is 278 g/mol. The molecule has 0 saturated carbocycles. The molecule has 1 atom stereocenters. The van der Waals surface area contributed by atoms with Crippen molar-refractivity contribution in [2.45, 2.75) is 25.3 Å². The van der Waals surface area contributed by atoms with Crippen LogP contribution in [0.15, 0.2) is 24.5 Å². The van der Waals surface area contributed by atoms with E-state index in [-0.39, 0.29) is 12.8 Å². The van der Waals surface area contributed by atoms with Gasteiger partial charge in [0.05, 0.1) is 0 Å². The lowest BCUT2D eigenvalue weighted by atomic mass is 10.1. The van der Waals surface area contributed by atoms with Crippen molar-refractivity contribution in [1.82, 2.24) is 15.6 Å². The number of nitrogens with zero attached hydrogens (tertiary/aromatic N) is 1. The number of urea groups is 1. The van der Waals surface area contributed by atoms with Crippen molar-refractivity contribution in [2.24, 2.45) is 0 Å². The fraction of sp³-hybridized carbons (Fsp3) is 0.385. The lowest BCUT2D eigenvalue weighted by Gasteiger charge is -2.14. The van der Waals surface area contributed by atoms with E-state index in [4.69, 9.17) is 10.2 Å². The molecule has 0 radical (unpaired) electrons. The van der Waals surface area contributed by atoms with Crippen molar-refractivity contribution < 1.29 is 24.6 Å². The van der Waals surface area contributed by atoms with E-state index in [1.807, 2.05) is 6.07 Å². The number of rotatable bonds is 8. The van der Waals surface area contributed by atoms with Crippen LogP contribution in [0.3, 0.4) is 0 Å². The average Bonchev–Trinajstić information content (AvgIpc) is 2.44. The van der Waals surface area contributed by atoms with Gasteiger partial charge in [-0.2, -0.15) is 0 Å². The van der Waals surface area contributed by atoms with Crippen LogP contribution in [0.1, 0.15) is 18.4 Å². The summed E-state index contributed by atoms with van der Waals surface area (Å²) in [4.78, 5) is 36.8. The van der Waals surface area contributed by atoms with E-state index in [9.17, 15) is 14.4 Å². The number of carboxylic acid groups (broad SMARTS) is 2. The van der Waals surface area contributed by atoms with Crippen molar-refractivity contribution in [3.8, 4) is 0 Å². The van der Waals surface area contributed by atoms with E-state index in [2.05, 4.69) is 15.6 Å². The van der Waals surface area contributed by atoms with E-state index in [0.717, 1.165) is 5.56 Å². The Kier molecular flexibility index (Phi) is 6.66. The van der Waals surface area contributed by atoms with Crippen molar-refractivity contribution in [2.75, 3.05) is 6.54 Å². The second-order valence-corrected chi connectivity index (χ2v) is 4.33. The molecule has 1 aromatic rings. The molecule has 0 aromatic carbocycles. The molecule has 1 unspecified atom stereocenters. The SMILES string of the molecule is O=C(O)CCC(NC(=O)NCCc1cccnc1)C(=O)O. The number of aliphatic carboxylic acids is 2. The summed E-state index contributed by atoms with van der Waals surface area (Å²) in [6.07, 6.45) is 3.39. The molecule has 1 heterocycles. The molecule has 4 N–H and O–H groups in total. The Morgan fingerprint density at radius 3 is 2.62 bits per heavy atom. The van der Waals surface area contributed by atoms with Crippen LogP contribution in [0.5, 0.6) is 0 Å². The number of carbonyl (C=O) groups excluding carboxylic acids is 1. The van der Waals surface area contributed by atoms with Crippen LogP contribution in [0, 0.1) is 0 Å². The monoisotopic (exact) mass is 295 g/mol. The summed E-state index contributed by atoms with van der Waals surface area (Å²) in [5.74, 6) is -2.38. The lowest BCUT2D eigenvalue weighted by Crippen LogP contribution is -2.46. The normalized spacial score (nSPS) is 11.4. The second kappa shape index (κ2) is 8.51. The van der Waals surface area contributed by atoms with Gasteiger partial charge in [0, 0.05) is 25.4 Å². The molecule has 0 bridgehead atoms. The Bertz CT molecular complexity index is 492. The van der Waals surface area contributed by atoms with Gasteiger partial charge in [-0.3, -0.25) is 9.78 Å². The molecule has 1 aromatic heterocycles. The topological polar surface area (TPSA) is 129 Å². The van der Waals surface area contributed by atoms with E-state index in [0.29, 0.717) is 13.0 Å². The van der Waals surface area contributed by atoms with Gasteiger partial charge in [0.15, 0.2) is 0 Å². The maximum Gasteiger partial charge on any atom is 0.326 e. The maximum absolute atomic E-state index is 11.5. The molecule has 0 aliphatic heterocycles. The average molecular weight is 295 g/mol. The molecule has 0 aliphatic carbocycles. The number of nitrogens with one attached hydrogen (secondary N) is 2. The molecule has 8 heteroatoms. The summed E-state index contributed by atoms with van der Waals surface area (Å²) < 4.78 is 0. The first kappa shape index (κ1) is 16.4. The summed E-state index contributed by atoms with van der Waals surface area (Å²) in [7, 11) is 0. The Labute approximate surface area is 121 Å². The van der Waals surface area contributed by atoms with Gasteiger partial charge in [0.1, 0.15) is 6.04 Å². The summed E-state index contributed by atoms with van der Waals surface area (Å²) in [5.41, 5.74) is 0.943. The third-order valence-corrected chi connectivity index (χ3v) is 2.67. The molecule has 1 rings (SSSR count). The molecule has 8 nitrogen and oxygen atoms in total. The highest BCUT2D eigenvalue weighted by molar-refractivity contribution is 5.82. The predicted molar refractivity (Wildman–Crippen MR) is 72.8 cm³/mol. The molecule has 2 amide bonds. The quantitative estimate of drug-likeness (QED) is 0.544. The third-order valence-electron chi connectivity index (χ3n) is 2.67. The fourth-order valence-corrected chi connectivity index (χ4v) is 1.60. The second-order valence-electron chi connectivity index (χ2n) is 4.33. The van der Waals surface area contributed by atoms with Gasteiger partial charge in [0.25, 0.3) is 0 Å². The number of hydrogen-bond acceptors (Lipinski definition) is 4. The minimum Gasteiger partial charge on any atom is -0.481 e. The van der Waals surface area contributed by atoms with Gasteiger partial charge in [-0.1, -0.05) is 6.07 Å². The first-order valence-corrected chi connectivity index (χ1v) is 6.37. The zero-order valence-electron chi connectivity index (χ0n) is 11.3. The predicted octanol–water partition coefficient (Wildman–Crippen LogP) is 0.241. The van der Waals surface area contributed by atoms with Crippen LogP contribution >= 0.6 is 0 Å². The van der Waals surface area contributed by atoms with Crippen LogP contribution in [0.25, 0.3) is 0 Å². The van der Waals surface area contributed by atoms with E-state index < -0.39 is 24.0 Å². The first-order chi connectivity index (χ1) is 9.99. The van der Waals surface area contributed by atoms with Crippen LogP contribution < -0.4 is 10.6 Å². The Morgan fingerprint density at radius 2 is 2.05 bits per heavy atom. The van der Waals surface area contributed by atoms with E-state index in [1.54, 1.807) is 18.5 Å². The number of carboxylic acids is 2. The largest absolute Gasteiger partial charge is 0.481 e. The molecule has 21 heavy (non-hydrogen) atoms. The van der Waals surface area contributed by atoms with Crippen LogP contribution in [0.4, 0.5) is 4.79 Å². The lowest BCUT2D eigenvalue weighted by molar-refractivity contribution is -0.140. The molecular formula is C13H17N3O5. The summed E-state index contributed by atoms with van der Waals surface area (Å²) >= 11 is 0. The van der Waals surface area contributed by atoms with Crippen molar-refractivity contribution in [3.05, 3.63) is 30.1 Å². The zero-order chi connectivity index (χ0) is 15.7. The highest BCUT2D eigenvalue weighted by Gasteiger charge is 2.20. The smallest absolute Gasteiger partial charge is 0.326 e. The Balaban J connectivity index is 2.33. The van der Waals surface area contributed by atoms with Crippen molar-refractivity contribution in [3.63, 3.8) is 0 Å². The van der Waals surface area contributed by atoms with Crippen LogP contribution in [-0.2, 0) is 16.0 Å². The highest BCUT2D eigenvalue weighted by Crippen LogP contribution is 1.98. The summed E-state index contributed by atoms with van der Waals surface area (Å²) in [5, 5.41) is 22.2. The van der Waals surface area contributed by atoms with E-state index >= 15 is 0 Å². The van der Waals surface area contributed by atoms with Gasteiger partial charge in [-0.25, -0.2) is 9.59 Å². The number of hydrogen-bond donors (Lipinski definition) is 4. The zero-order valence-corrected chi connectivity index (χ0v) is 11.3. The van der Waals surface area contributed by atoms with Gasteiger partial charge in [-0.05, 0) is 24.5 Å². The highest BCUT2D eigenvalue weighted by atomic mass is 16.4. The summed E-state index contributed by atoms with van der Waals surface area (Å²) in [6.45, 7) is 0.322. The fourth-order valence-electron chi connectivity index (χ4n) is 1.60. The van der Waals surface area contributed by atoms with E-state index in [1.165, 1.54) is 0 Å². The van der Waals surface area contributed by atoms with Crippen LogP contribution in [0.2, 0.25) is 0 Å². The van der Waals surface area contributed by atoms with Gasteiger partial charge >= 0.3 is 18.0 Å². The van der Waals surface area contributed by atoms with Gasteiger partial charge in [-0.15, -0.1) is 0 Å². The molecule has 0 saturated heterocycles. The minimum absolute atomic E-state index is 0.166. The Morgan fingerprint density at radius 1 is 1.29 bits per heavy atom. The number of aromatic nitrogens is 1. The van der Waals surface area contributed by atoms with Crippen LogP contribution in [-0.4, -0.2) is 45.8 Å². The molecule has 0 fully saturated rings. The molecule has 0 spiro atoms. The third kappa shape index (κ3) is 6.90. The number of carbonyl (C=O) groups is 3. The standard InChI is InChI=1S/C13H17N3O5/c17-11(18)4-3-10(12(19)20)16-13(21)15-7-5-9-2-1-6-14-8-9/h1-2,6,8,10H,3-5,7H2,(H,17,18)(H,19,20)(H2,15,16,21). The van der Waals surface area contributed by atoms with Gasteiger partial charge in [0.2, 0.25) is 0 Å². The first-order valence-electron chi connectivity index (χ1n) is 6.37. The van der Waals surface area contributed by atoms with Crippen molar-refractivity contribution in [1.29, 1.82) is 0 Å². The maximum atomic E-state index is 11.5. The number of amides is 2. The van der Waals surface area contributed by atoms with Crippen molar-refractivity contribution >= 4 is 18.0 Å². The van der Waals surface area contributed by atoms with Gasteiger partial charge < -0.3 is 20.8 Å². The minimum atomic E-state index is -1.27.